The quantitative estimate of drug-likeness (QED) is 0.864. The van der Waals surface area contributed by atoms with Gasteiger partial charge in [0.1, 0.15) is 0 Å². The second-order valence-electron chi connectivity index (χ2n) is 5.66. The number of anilines is 1. The molecule has 1 atom stereocenters. The van der Waals surface area contributed by atoms with Crippen LogP contribution in [0.1, 0.15) is 19.3 Å². The number of para-hydroxylation sites is 1. The Labute approximate surface area is 147 Å². The topological polar surface area (TPSA) is 61.4 Å². The lowest BCUT2D eigenvalue weighted by atomic mass is 10.1. The van der Waals surface area contributed by atoms with Crippen LogP contribution in [0.4, 0.5) is 5.69 Å². The molecule has 2 N–H and O–H groups in total. The van der Waals surface area contributed by atoms with E-state index in [0.717, 1.165) is 36.5 Å². The molecule has 0 unspecified atom stereocenters. The average molecular weight is 356 g/mol. The molecule has 0 aromatic heterocycles. The Bertz CT molecular complexity index is 564. The fourth-order valence-electron chi connectivity index (χ4n) is 2.89. The molecule has 2 heterocycles. The van der Waals surface area contributed by atoms with Gasteiger partial charge in [-0.25, -0.2) is 0 Å². The Hall–Kier alpha value is -1.24. The van der Waals surface area contributed by atoms with Crippen LogP contribution in [0, 0.1) is 0 Å². The van der Waals surface area contributed by atoms with E-state index in [1.54, 1.807) is 16.7 Å². The molecule has 2 aliphatic rings. The maximum absolute atomic E-state index is 12.1. The van der Waals surface area contributed by atoms with Gasteiger partial charge in [0, 0.05) is 30.4 Å². The Morgan fingerprint density at radius 3 is 3.00 bits per heavy atom. The van der Waals surface area contributed by atoms with Crippen molar-refractivity contribution in [2.75, 3.05) is 30.3 Å². The van der Waals surface area contributed by atoms with Crippen LogP contribution in [0.5, 0.6) is 0 Å². The third-order valence-corrected chi connectivity index (χ3v) is 5.08. The zero-order valence-corrected chi connectivity index (χ0v) is 14.5. The summed E-state index contributed by atoms with van der Waals surface area (Å²) in [6.45, 7) is 2.32. The fraction of sp³-hybridized carbons (Fsp3) is 0.500. The number of carbonyl (C=O) groups excluding carboxylic acids is 2. The van der Waals surface area contributed by atoms with E-state index in [9.17, 15) is 9.59 Å². The maximum atomic E-state index is 12.1. The normalized spacial score (nSPS) is 20.4. The van der Waals surface area contributed by atoms with E-state index in [-0.39, 0.29) is 30.3 Å². The molecule has 0 saturated carbocycles. The Kier molecular flexibility index (Phi) is 6.74. The SMILES string of the molecule is Cl.O=C(CCN1C(=O)CSc2ccccc21)N[C@H]1CCCNC1. The van der Waals surface area contributed by atoms with E-state index in [1.807, 2.05) is 24.3 Å². The van der Waals surface area contributed by atoms with Crippen LogP contribution in [-0.2, 0) is 9.59 Å². The van der Waals surface area contributed by atoms with Gasteiger partial charge in [-0.15, -0.1) is 24.2 Å². The summed E-state index contributed by atoms with van der Waals surface area (Å²) in [7, 11) is 0. The Morgan fingerprint density at radius 1 is 1.39 bits per heavy atom. The minimum atomic E-state index is 0. The van der Waals surface area contributed by atoms with Crippen molar-refractivity contribution in [3.63, 3.8) is 0 Å². The number of carbonyl (C=O) groups is 2. The summed E-state index contributed by atoms with van der Waals surface area (Å²) in [6, 6.07) is 8.10. The van der Waals surface area contributed by atoms with Crippen molar-refractivity contribution in [2.45, 2.75) is 30.2 Å². The van der Waals surface area contributed by atoms with Crippen LogP contribution in [0.3, 0.4) is 0 Å². The summed E-state index contributed by atoms with van der Waals surface area (Å²) in [5, 5.41) is 6.34. The predicted octanol–water partition coefficient (Wildman–Crippen LogP) is 1.81. The first-order valence-electron chi connectivity index (χ1n) is 7.76. The van der Waals surface area contributed by atoms with Gasteiger partial charge in [-0.2, -0.15) is 0 Å². The van der Waals surface area contributed by atoms with Gasteiger partial charge in [0.25, 0.3) is 0 Å². The standard InChI is InChI=1S/C16H21N3O2S.ClH/c20-15(18-12-4-3-8-17-10-12)7-9-19-13-5-1-2-6-14(13)22-11-16(19)21;/h1-2,5-6,12,17H,3-4,7-11H2,(H,18,20);1H/t12-;/m0./s1. The average Bonchev–Trinajstić information content (AvgIpc) is 2.55. The molecule has 1 aromatic rings. The summed E-state index contributed by atoms with van der Waals surface area (Å²) in [6.07, 6.45) is 2.47. The second kappa shape index (κ2) is 8.57. The van der Waals surface area contributed by atoms with Crippen molar-refractivity contribution >= 4 is 41.7 Å². The molecule has 7 heteroatoms. The van der Waals surface area contributed by atoms with E-state index in [0.29, 0.717) is 18.7 Å². The van der Waals surface area contributed by atoms with E-state index < -0.39 is 0 Å². The van der Waals surface area contributed by atoms with Gasteiger partial charge in [-0.3, -0.25) is 9.59 Å². The number of rotatable bonds is 4. The number of amides is 2. The minimum absolute atomic E-state index is 0. The number of piperidine rings is 1. The molecule has 23 heavy (non-hydrogen) atoms. The molecule has 3 rings (SSSR count). The highest BCUT2D eigenvalue weighted by Gasteiger charge is 2.25. The second-order valence-corrected chi connectivity index (χ2v) is 6.68. The summed E-state index contributed by atoms with van der Waals surface area (Å²) in [4.78, 5) is 27.1. The molecule has 126 valence electrons. The van der Waals surface area contributed by atoms with Crippen molar-refractivity contribution in [3.8, 4) is 0 Å². The van der Waals surface area contributed by atoms with Gasteiger partial charge >= 0.3 is 0 Å². The molecule has 0 spiro atoms. The van der Waals surface area contributed by atoms with Crippen LogP contribution >= 0.6 is 24.2 Å². The van der Waals surface area contributed by atoms with Gasteiger partial charge in [-0.1, -0.05) is 12.1 Å². The highest BCUT2D eigenvalue weighted by molar-refractivity contribution is 8.00. The molecular weight excluding hydrogens is 334 g/mol. The molecule has 0 bridgehead atoms. The first-order valence-corrected chi connectivity index (χ1v) is 8.75. The van der Waals surface area contributed by atoms with Gasteiger partial charge in [0.15, 0.2) is 0 Å². The van der Waals surface area contributed by atoms with Crippen LogP contribution in [-0.4, -0.2) is 43.2 Å². The van der Waals surface area contributed by atoms with E-state index in [4.69, 9.17) is 0 Å². The van der Waals surface area contributed by atoms with Crippen LogP contribution in [0.2, 0.25) is 0 Å². The maximum Gasteiger partial charge on any atom is 0.237 e. The molecule has 1 aromatic carbocycles. The first-order chi connectivity index (χ1) is 10.7. The monoisotopic (exact) mass is 355 g/mol. The van der Waals surface area contributed by atoms with E-state index >= 15 is 0 Å². The van der Waals surface area contributed by atoms with Crippen molar-refractivity contribution < 1.29 is 9.59 Å². The number of hydrogen-bond acceptors (Lipinski definition) is 4. The lowest BCUT2D eigenvalue weighted by molar-refractivity contribution is -0.121. The molecule has 1 fully saturated rings. The molecule has 0 radical (unpaired) electrons. The number of thioether (sulfide) groups is 1. The van der Waals surface area contributed by atoms with Crippen molar-refractivity contribution in [2.24, 2.45) is 0 Å². The molecule has 0 aliphatic carbocycles. The van der Waals surface area contributed by atoms with Gasteiger partial charge < -0.3 is 15.5 Å². The third-order valence-electron chi connectivity index (χ3n) is 4.03. The largest absolute Gasteiger partial charge is 0.352 e. The van der Waals surface area contributed by atoms with Crippen LogP contribution in [0.15, 0.2) is 29.2 Å². The number of nitrogens with zero attached hydrogens (tertiary/aromatic N) is 1. The van der Waals surface area contributed by atoms with Gasteiger partial charge in [0.2, 0.25) is 11.8 Å². The lowest BCUT2D eigenvalue weighted by Crippen LogP contribution is -2.46. The zero-order valence-electron chi connectivity index (χ0n) is 12.9. The number of halogens is 1. The fourth-order valence-corrected chi connectivity index (χ4v) is 3.82. The Morgan fingerprint density at radius 2 is 2.22 bits per heavy atom. The van der Waals surface area contributed by atoms with Crippen molar-refractivity contribution in [1.29, 1.82) is 0 Å². The summed E-state index contributed by atoms with van der Waals surface area (Å²) >= 11 is 1.56. The lowest BCUT2D eigenvalue weighted by Gasteiger charge is -2.29. The molecular formula is C16H22ClN3O2S. The predicted molar refractivity (Wildman–Crippen MR) is 95.4 cm³/mol. The van der Waals surface area contributed by atoms with Crippen LogP contribution in [0.25, 0.3) is 0 Å². The number of benzene rings is 1. The number of fused-ring (bicyclic) bond motifs is 1. The zero-order chi connectivity index (χ0) is 15.4. The highest BCUT2D eigenvalue weighted by Crippen LogP contribution is 2.34. The molecule has 1 saturated heterocycles. The number of hydrogen-bond donors (Lipinski definition) is 2. The molecule has 2 aliphatic heterocycles. The van der Waals surface area contributed by atoms with Crippen molar-refractivity contribution in [3.05, 3.63) is 24.3 Å². The summed E-state index contributed by atoms with van der Waals surface area (Å²) in [5.74, 6) is 0.554. The Balaban J connectivity index is 0.00000192. The first kappa shape index (κ1) is 18.1. The van der Waals surface area contributed by atoms with E-state index in [1.165, 1.54) is 0 Å². The number of nitrogens with one attached hydrogen (secondary N) is 2. The summed E-state index contributed by atoms with van der Waals surface area (Å²) < 4.78 is 0. The van der Waals surface area contributed by atoms with Crippen molar-refractivity contribution in [1.82, 2.24) is 10.6 Å². The smallest absolute Gasteiger partial charge is 0.237 e. The van der Waals surface area contributed by atoms with Gasteiger partial charge in [0.05, 0.1) is 11.4 Å². The third kappa shape index (κ3) is 4.62. The van der Waals surface area contributed by atoms with Gasteiger partial charge in [-0.05, 0) is 31.5 Å². The van der Waals surface area contributed by atoms with E-state index in [2.05, 4.69) is 10.6 Å². The molecule has 5 nitrogen and oxygen atoms in total. The summed E-state index contributed by atoms with van der Waals surface area (Å²) in [5.41, 5.74) is 0.927. The minimum Gasteiger partial charge on any atom is -0.352 e. The highest BCUT2D eigenvalue weighted by atomic mass is 35.5. The van der Waals surface area contributed by atoms with Crippen LogP contribution < -0.4 is 15.5 Å². The molecule has 2 amide bonds.